The Bertz CT molecular complexity index is 1020. The summed E-state index contributed by atoms with van der Waals surface area (Å²) in [6.45, 7) is 4.53. The van der Waals surface area contributed by atoms with E-state index in [2.05, 4.69) is 18.2 Å². The number of ether oxygens (including phenoxy) is 1. The lowest BCUT2D eigenvalue weighted by molar-refractivity contribution is 0.0999. The lowest BCUT2D eigenvalue weighted by Crippen LogP contribution is -2.49. The molecule has 0 fully saturated rings. The van der Waals surface area contributed by atoms with Gasteiger partial charge >= 0.3 is 6.09 Å². The molecule has 2 atom stereocenters. The maximum Gasteiger partial charge on any atom is 0.410 e. The van der Waals surface area contributed by atoms with Gasteiger partial charge in [0.1, 0.15) is 6.07 Å². The van der Waals surface area contributed by atoms with E-state index in [4.69, 9.17) is 10.5 Å². The molecule has 1 aliphatic carbocycles. The second-order valence-electron chi connectivity index (χ2n) is 7.37. The fourth-order valence-electron chi connectivity index (χ4n) is 4.38. The van der Waals surface area contributed by atoms with Crippen LogP contribution in [0.3, 0.4) is 0 Å². The number of nitrogens with zero attached hydrogens (tertiary/aromatic N) is 4. The predicted molar refractivity (Wildman–Crippen MR) is 109 cm³/mol. The average Bonchev–Trinajstić information content (AvgIpc) is 2.78. The van der Waals surface area contributed by atoms with E-state index in [-0.39, 0.29) is 31.0 Å². The molecule has 7 heteroatoms. The predicted octanol–water partition coefficient (Wildman–Crippen LogP) is 3.13. The number of amides is 1. The van der Waals surface area contributed by atoms with Crippen LogP contribution in [0.2, 0.25) is 0 Å². The highest BCUT2D eigenvalue weighted by Gasteiger charge is 2.54. The molecular formula is C23H23N5O2. The number of hydrogen-bond donors (Lipinski definition) is 1. The third-order valence-corrected chi connectivity index (χ3v) is 5.94. The molecule has 1 aromatic rings. The summed E-state index contributed by atoms with van der Waals surface area (Å²) >= 11 is 0. The van der Waals surface area contributed by atoms with Crippen LogP contribution in [0.15, 0.2) is 47.2 Å². The lowest BCUT2D eigenvalue weighted by Gasteiger charge is -2.45. The van der Waals surface area contributed by atoms with Gasteiger partial charge in [0.2, 0.25) is 0 Å². The first-order valence-corrected chi connectivity index (χ1v) is 9.91. The largest absolute Gasteiger partial charge is 0.450 e. The van der Waals surface area contributed by atoms with Crippen LogP contribution in [0.4, 0.5) is 4.79 Å². The fraction of sp³-hybridized carbons (Fsp3) is 0.391. The van der Waals surface area contributed by atoms with Gasteiger partial charge in [-0.15, -0.1) is 0 Å². The van der Waals surface area contributed by atoms with Crippen LogP contribution in [-0.4, -0.2) is 30.7 Å². The maximum atomic E-state index is 12.4. The van der Waals surface area contributed by atoms with Crippen LogP contribution in [0, 0.1) is 45.3 Å². The van der Waals surface area contributed by atoms with Crippen molar-refractivity contribution in [2.75, 3.05) is 19.7 Å². The quantitative estimate of drug-likeness (QED) is 0.829. The Hall–Kier alpha value is -3.76. The van der Waals surface area contributed by atoms with E-state index in [0.29, 0.717) is 5.57 Å². The summed E-state index contributed by atoms with van der Waals surface area (Å²) in [5.41, 5.74) is 7.30. The fourth-order valence-corrected chi connectivity index (χ4v) is 4.38. The minimum Gasteiger partial charge on any atom is -0.450 e. The van der Waals surface area contributed by atoms with Crippen LogP contribution in [-0.2, 0) is 11.2 Å². The summed E-state index contributed by atoms with van der Waals surface area (Å²) in [6, 6.07) is 14.0. The Labute approximate surface area is 176 Å². The molecule has 0 radical (unpaired) electrons. The van der Waals surface area contributed by atoms with Gasteiger partial charge in [0.25, 0.3) is 0 Å². The molecular weight excluding hydrogens is 378 g/mol. The zero-order valence-corrected chi connectivity index (χ0v) is 17.1. The highest BCUT2D eigenvalue weighted by molar-refractivity contribution is 5.69. The van der Waals surface area contributed by atoms with Crippen molar-refractivity contribution in [3.63, 3.8) is 0 Å². The average molecular weight is 401 g/mol. The Morgan fingerprint density at radius 1 is 1.23 bits per heavy atom. The Kier molecular flexibility index (Phi) is 5.81. The summed E-state index contributed by atoms with van der Waals surface area (Å²) < 4.78 is 5.14. The summed E-state index contributed by atoms with van der Waals surface area (Å²) in [5.74, 6) is -1.06. The first kappa shape index (κ1) is 21.0. The van der Waals surface area contributed by atoms with Crippen molar-refractivity contribution < 1.29 is 9.53 Å². The first-order chi connectivity index (χ1) is 14.5. The number of hydrogen-bond acceptors (Lipinski definition) is 6. The van der Waals surface area contributed by atoms with Gasteiger partial charge in [-0.3, -0.25) is 0 Å². The van der Waals surface area contributed by atoms with Crippen LogP contribution in [0.1, 0.15) is 30.9 Å². The molecule has 0 aromatic heterocycles. The van der Waals surface area contributed by atoms with E-state index in [0.717, 1.165) is 17.5 Å². The summed E-state index contributed by atoms with van der Waals surface area (Å²) in [4.78, 5) is 13.9. The minimum atomic E-state index is -1.71. The SMILES string of the molecule is CCOC(=O)N1CC=C2C(C#N)=C(N)C(C#N)(C#N)[C@H](c3ccc(CC)cc3)[C@H]2C1. The number of nitriles is 3. The van der Waals surface area contributed by atoms with Gasteiger partial charge in [-0.25, -0.2) is 4.79 Å². The number of rotatable bonds is 3. The topological polar surface area (TPSA) is 127 Å². The highest BCUT2D eigenvalue weighted by Crippen LogP contribution is 2.54. The summed E-state index contributed by atoms with van der Waals surface area (Å²) in [6.07, 6.45) is 2.18. The van der Waals surface area contributed by atoms with Gasteiger partial charge in [0.15, 0.2) is 5.41 Å². The van der Waals surface area contributed by atoms with Gasteiger partial charge in [-0.05, 0) is 30.0 Å². The molecule has 0 unspecified atom stereocenters. The van der Waals surface area contributed by atoms with Crippen molar-refractivity contribution in [3.8, 4) is 18.2 Å². The normalized spacial score (nSPS) is 22.1. The number of fused-ring (bicyclic) bond motifs is 1. The number of benzene rings is 1. The van der Waals surface area contributed by atoms with E-state index < -0.39 is 23.3 Å². The van der Waals surface area contributed by atoms with E-state index in [1.54, 1.807) is 13.0 Å². The van der Waals surface area contributed by atoms with Crippen LogP contribution >= 0.6 is 0 Å². The molecule has 0 spiro atoms. The first-order valence-electron chi connectivity index (χ1n) is 9.91. The second kappa shape index (κ2) is 8.31. The van der Waals surface area contributed by atoms with Gasteiger partial charge in [-0.1, -0.05) is 37.3 Å². The second-order valence-corrected chi connectivity index (χ2v) is 7.37. The smallest absolute Gasteiger partial charge is 0.410 e. The Morgan fingerprint density at radius 2 is 1.90 bits per heavy atom. The molecule has 0 bridgehead atoms. The minimum absolute atomic E-state index is 0.0216. The summed E-state index contributed by atoms with van der Waals surface area (Å²) in [5, 5.41) is 29.9. The van der Waals surface area contributed by atoms with Gasteiger partial charge in [-0.2, -0.15) is 15.8 Å². The van der Waals surface area contributed by atoms with Crippen molar-refractivity contribution >= 4 is 6.09 Å². The van der Waals surface area contributed by atoms with Crippen molar-refractivity contribution in [1.82, 2.24) is 4.90 Å². The van der Waals surface area contributed by atoms with E-state index >= 15 is 0 Å². The van der Waals surface area contributed by atoms with Crippen LogP contribution < -0.4 is 5.73 Å². The molecule has 30 heavy (non-hydrogen) atoms. The monoisotopic (exact) mass is 401 g/mol. The molecule has 3 rings (SSSR count). The molecule has 1 aromatic carbocycles. The number of aryl methyl sites for hydroxylation is 1. The zero-order valence-electron chi connectivity index (χ0n) is 17.1. The molecule has 1 aliphatic heterocycles. The molecule has 0 saturated carbocycles. The van der Waals surface area contributed by atoms with Crippen molar-refractivity contribution in [2.45, 2.75) is 26.2 Å². The molecule has 7 nitrogen and oxygen atoms in total. The number of nitrogens with two attached hydrogens (primary N) is 1. The van der Waals surface area contributed by atoms with Gasteiger partial charge in [0, 0.05) is 24.9 Å². The van der Waals surface area contributed by atoms with E-state index in [9.17, 15) is 20.6 Å². The standard InChI is InChI=1S/C23H23N5O2/c1-3-15-5-7-16(8-6-15)20-19-12-28(22(29)30-4-2)10-9-17(19)18(11-24)21(27)23(20,13-25)14-26/h5-9,19-20H,3-4,10,12,27H2,1-2H3/t19-,20+/m0/s1. The number of allylic oxidation sites excluding steroid dienone is 2. The van der Waals surface area contributed by atoms with E-state index in [1.807, 2.05) is 31.2 Å². The molecule has 2 aliphatic rings. The van der Waals surface area contributed by atoms with Crippen molar-refractivity contribution in [3.05, 3.63) is 58.3 Å². The maximum absolute atomic E-state index is 12.4. The molecule has 1 heterocycles. The van der Waals surface area contributed by atoms with Gasteiger partial charge in [0.05, 0.1) is 30.0 Å². The highest BCUT2D eigenvalue weighted by atomic mass is 16.6. The molecule has 0 saturated heterocycles. The molecule has 1 amide bonds. The third kappa shape index (κ3) is 3.17. The van der Waals surface area contributed by atoms with Crippen molar-refractivity contribution in [1.29, 1.82) is 15.8 Å². The van der Waals surface area contributed by atoms with Crippen molar-refractivity contribution in [2.24, 2.45) is 17.1 Å². The lowest BCUT2D eigenvalue weighted by atomic mass is 9.58. The number of carbonyl (C=O) groups excluding carboxylic acids is 1. The van der Waals surface area contributed by atoms with Crippen LogP contribution in [0.5, 0.6) is 0 Å². The number of carbonyl (C=O) groups is 1. The third-order valence-electron chi connectivity index (χ3n) is 5.94. The Balaban J connectivity index is 2.21. The molecule has 152 valence electrons. The van der Waals surface area contributed by atoms with Gasteiger partial charge < -0.3 is 15.4 Å². The Morgan fingerprint density at radius 3 is 2.43 bits per heavy atom. The molecule has 2 N–H and O–H groups in total. The zero-order chi connectivity index (χ0) is 21.9. The van der Waals surface area contributed by atoms with E-state index in [1.165, 1.54) is 4.90 Å². The van der Waals surface area contributed by atoms with Crippen LogP contribution in [0.25, 0.3) is 0 Å². The summed E-state index contributed by atoms with van der Waals surface area (Å²) in [7, 11) is 0.